The average molecular weight is 375 g/mol. The Kier molecular flexibility index (Phi) is 4.53. The number of carbonyl (C=O) groups is 1. The molecular formula is C22H18FN3O2. The van der Waals surface area contributed by atoms with E-state index >= 15 is 0 Å². The van der Waals surface area contributed by atoms with E-state index in [0.717, 1.165) is 11.3 Å². The van der Waals surface area contributed by atoms with Crippen molar-refractivity contribution >= 4 is 28.4 Å². The summed E-state index contributed by atoms with van der Waals surface area (Å²) in [7, 11) is 3.96. The monoisotopic (exact) mass is 375 g/mol. The van der Waals surface area contributed by atoms with Gasteiger partial charge in [0.05, 0.1) is 5.56 Å². The molecule has 0 aliphatic carbocycles. The molecule has 0 saturated heterocycles. The maximum absolute atomic E-state index is 13.8. The first kappa shape index (κ1) is 17.7. The van der Waals surface area contributed by atoms with Crippen LogP contribution < -0.4 is 10.2 Å². The van der Waals surface area contributed by atoms with Crippen molar-refractivity contribution in [2.45, 2.75) is 0 Å². The molecule has 0 saturated carbocycles. The molecule has 0 radical (unpaired) electrons. The molecule has 6 heteroatoms. The standard InChI is InChI=1S/C22H18FN3O2/c1-26(2)16-10-7-14(8-11-16)22-25-19-13-15(9-12-20(19)28-22)24-21(27)17-5-3-4-6-18(17)23/h3-13H,1-2H3,(H,24,27). The molecule has 1 aromatic heterocycles. The molecule has 0 fully saturated rings. The quantitative estimate of drug-likeness (QED) is 0.548. The Morgan fingerprint density at radius 3 is 2.50 bits per heavy atom. The van der Waals surface area contributed by atoms with Gasteiger partial charge in [0.25, 0.3) is 5.91 Å². The second-order valence-corrected chi connectivity index (χ2v) is 6.58. The van der Waals surface area contributed by atoms with E-state index in [1.807, 2.05) is 43.3 Å². The number of aromatic nitrogens is 1. The summed E-state index contributed by atoms with van der Waals surface area (Å²) >= 11 is 0. The minimum atomic E-state index is -0.564. The van der Waals surface area contributed by atoms with Gasteiger partial charge in [-0.2, -0.15) is 0 Å². The Morgan fingerprint density at radius 1 is 1.04 bits per heavy atom. The van der Waals surface area contributed by atoms with E-state index in [9.17, 15) is 9.18 Å². The number of nitrogens with one attached hydrogen (secondary N) is 1. The molecule has 5 nitrogen and oxygen atoms in total. The van der Waals surface area contributed by atoms with Crippen LogP contribution in [0.1, 0.15) is 10.4 Å². The number of halogens is 1. The molecule has 0 spiro atoms. The van der Waals surface area contributed by atoms with Crippen LogP contribution in [0.4, 0.5) is 15.8 Å². The first-order valence-corrected chi connectivity index (χ1v) is 8.75. The Balaban J connectivity index is 1.60. The molecule has 4 rings (SSSR count). The zero-order valence-corrected chi connectivity index (χ0v) is 15.4. The second-order valence-electron chi connectivity index (χ2n) is 6.58. The summed E-state index contributed by atoms with van der Waals surface area (Å²) < 4.78 is 19.6. The van der Waals surface area contributed by atoms with Crippen LogP contribution in [0, 0.1) is 5.82 Å². The summed E-state index contributed by atoms with van der Waals surface area (Å²) in [4.78, 5) is 18.8. The molecule has 0 aliphatic rings. The van der Waals surface area contributed by atoms with Crippen LogP contribution in [0.3, 0.4) is 0 Å². The topological polar surface area (TPSA) is 58.4 Å². The highest BCUT2D eigenvalue weighted by molar-refractivity contribution is 6.05. The van der Waals surface area contributed by atoms with Gasteiger partial charge in [-0.3, -0.25) is 4.79 Å². The van der Waals surface area contributed by atoms with Gasteiger partial charge in [0.2, 0.25) is 5.89 Å². The van der Waals surface area contributed by atoms with Crippen molar-refractivity contribution < 1.29 is 13.6 Å². The zero-order chi connectivity index (χ0) is 19.7. The van der Waals surface area contributed by atoms with Gasteiger partial charge < -0.3 is 14.6 Å². The first-order chi connectivity index (χ1) is 13.5. The molecule has 1 amide bonds. The minimum Gasteiger partial charge on any atom is -0.436 e. The Hall–Kier alpha value is -3.67. The predicted octanol–water partition coefficient (Wildman–Crippen LogP) is 4.95. The van der Waals surface area contributed by atoms with Gasteiger partial charge in [-0.05, 0) is 54.6 Å². The Bertz CT molecular complexity index is 1150. The lowest BCUT2D eigenvalue weighted by Crippen LogP contribution is -2.13. The van der Waals surface area contributed by atoms with Crippen molar-refractivity contribution in [1.82, 2.24) is 4.98 Å². The molecule has 0 bridgehead atoms. The number of nitrogens with zero attached hydrogens (tertiary/aromatic N) is 2. The van der Waals surface area contributed by atoms with Crippen molar-refractivity contribution in [3.8, 4) is 11.5 Å². The second kappa shape index (κ2) is 7.15. The highest BCUT2D eigenvalue weighted by atomic mass is 19.1. The normalized spacial score (nSPS) is 10.8. The SMILES string of the molecule is CN(C)c1ccc(-c2nc3cc(NC(=O)c4ccccc4F)ccc3o2)cc1. The minimum absolute atomic E-state index is 0.00980. The fourth-order valence-corrected chi connectivity index (χ4v) is 2.87. The molecule has 1 N–H and O–H groups in total. The van der Waals surface area contributed by atoms with Crippen LogP contribution in [0.2, 0.25) is 0 Å². The van der Waals surface area contributed by atoms with Gasteiger partial charge in [-0.15, -0.1) is 0 Å². The van der Waals surface area contributed by atoms with Crippen molar-refractivity contribution in [1.29, 1.82) is 0 Å². The summed E-state index contributed by atoms with van der Waals surface area (Å²) in [6.07, 6.45) is 0. The smallest absolute Gasteiger partial charge is 0.258 e. The summed E-state index contributed by atoms with van der Waals surface area (Å²) in [5, 5.41) is 2.69. The summed E-state index contributed by atoms with van der Waals surface area (Å²) in [6.45, 7) is 0. The van der Waals surface area contributed by atoms with E-state index in [1.54, 1.807) is 30.3 Å². The van der Waals surface area contributed by atoms with Gasteiger partial charge in [-0.1, -0.05) is 12.1 Å². The molecular weight excluding hydrogens is 357 g/mol. The van der Waals surface area contributed by atoms with Crippen molar-refractivity contribution in [3.05, 3.63) is 78.1 Å². The maximum atomic E-state index is 13.8. The number of amides is 1. The van der Waals surface area contributed by atoms with Crippen LogP contribution in [-0.4, -0.2) is 25.0 Å². The van der Waals surface area contributed by atoms with Crippen molar-refractivity contribution in [2.24, 2.45) is 0 Å². The summed E-state index contributed by atoms with van der Waals surface area (Å²) in [5.41, 5.74) is 3.67. The number of rotatable bonds is 4. The lowest BCUT2D eigenvalue weighted by Gasteiger charge is -2.11. The number of carbonyl (C=O) groups excluding carboxylic acids is 1. The molecule has 28 heavy (non-hydrogen) atoms. The lowest BCUT2D eigenvalue weighted by atomic mass is 10.2. The summed E-state index contributed by atoms with van der Waals surface area (Å²) in [6, 6.07) is 18.9. The number of oxazole rings is 1. The van der Waals surface area contributed by atoms with Crippen LogP contribution >= 0.6 is 0 Å². The van der Waals surface area contributed by atoms with Crippen LogP contribution in [0.5, 0.6) is 0 Å². The number of hydrogen-bond donors (Lipinski definition) is 1. The lowest BCUT2D eigenvalue weighted by molar-refractivity contribution is 0.102. The number of fused-ring (bicyclic) bond motifs is 1. The molecule has 140 valence electrons. The fourth-order valence-electron chi connectivity index (χ4n) is 2.87. The molecule has 0 aliphatic heterocycles. The van der Waals surface area contributed by atoms with Crippen LogP contribution in [0.25, 0.3) is 22.6 Å². The predicted molar refractivity (Wildman–Crippen MR) is 108 cm³/mol. The third-order valence-corrected chi connectivity index (χ3v) is 4.39. The third-order valence-electron chi connectivity index (χ3n) is 4.39. The third kappa shape index (κ3) is 3.44. The zero-order valence-electron chi connectivity index (χ0n) is 15.4. The van der Waals surface area contributed by atoms with E-state index in [1.165, 1.54) is 12.1 Å². The highest BCUT2D eigenvalue weighted by Crippen LogP contribution is 2.27. The van der Waals surface area contributed by atoms with Crippen molar-refractivity contribution in [3.63, 3.8) is 0 Å². The van der Waals surface area contributed by atoms with Crippen LogP contribution in [0.15, 0.2) is 71.1 Å². The van der Waals surface area contributed by atoms with Crippen LogP contribution in [-0.2, 0) is 0 Å². The molecule has 4 aromatic rings. The number of benzene rings is 3. The van der Waals surface area contributed by atoms with Gasteiger partial charge >= 0.3 is 0 Å². The largest absolute Gasteiger partial charge is 0.436 e. The first-order valence-electron chi connectivity index (χ1n) is 8.75. The molecule has 0 unspecified atom stereocenters. The van der Waals surface area contributed by atoms with E-state index in [-0.39, 0.29) is 5.56 Å². The van der Waals surface area contributed by atoms with Crippen molar-refractivity contribution in [2.75, 3.05) is 24.3 Å². The van der Waals surface area contributed by atoms with E-state index in [4.69, 9.17) is 4.42 Å². The van der Waals surface area contributed by atoms with E-state index < -0.39 is 11.7 Å². The number of anilines is 2. The fraction of sp³-hybridized carbons (Fsp3) is 0.0909. The Labute approximate surface area is 161 Å². The van der Waals surface area contributed by atoms with E-state index in [2.05, 4.69) is 10.3 Å². The average Bonchev–Trinajstić information content (AvgIpc) is 3.11. The van der Waals surface area contributed by atoms with E-state index in [0.29, 0.717) is 22.7 Å². The Morgan fingerprint density at radius 2 is 1.79 bits per heavy atom. The van der Waals surface area contributed by atoms with Gasteiger partial charge in [-0.25, -0.2) is 9.37 Å². The molecule has 0 atom stereocenters. The van der Waals surface area contributed by atoms with Gasteiger partial charge in [0.15, 0.2) is 5.58 Å². The van der Waals surface area contributed by atoms with Gasteiger partial charge in [0.1, 0.15) is 11.3 Å². The van der Waals surface area contributed by atoms with Gasteiger partial charge in [0, 0.05) is 31.0 Å². The number of hydrogen-bond acceptors (Lipinski definition) is 4. The molecule has 3 aromatic carbocycles. The summed E-state index contributed by atoms with van der Waals surface area (Å²) in [5.74, 6) is -0.579. The maximum Gasteiger partial charge on any atom is 0.258 e. The molecule has 1 heterocycles. The highest BCUT2D eigenvalue weighted by Gasteiger charge is 2.13.